The summed E-state index contributed by atoms with van der Waals surface area (Å²) < 4.78 is 5.93. The van der Waals surface area contributed by atoms with Gasteiger partial charge in [-0.15, -0.1) is 0 Å². The van der Waals surface area contributed by atoms with Crippen LogP contribution in [0.2, 0.25) is 0 Å². The SMILES string of the molecule is CC(C)CCC[C@@H](C)[C@H]1CC[C@H]2[C@@H]3CC=C4C[C@@H](OC(=O)C(=[N+]=[N-])c5ccccc5)CC[C@]4(C)[C@H]3CC[C@]12C. The van der Waals surface area contributed by atoms with Crippen LogP contribution in [-0.2, 0) is 9.53 Å². The first-order valence-electron chi connectivity index (χ1n) is 15.8. The van der Waals surface area contributed by atoms with E-state index in [1.54, 1.807) is 12.1 Å². The number of carbonyl (C=O) groups is 1. The zero-order valence-electron chi connectivity index (χ0n) is 25.0. The van der Waals surface area contributed by atoms with E-state index in [1.807, 2.05) is 18.2 Å². The second-order valence-electron chi connectivity index (χ2n) is 14.4. The number of ether oxygens (including phenoxy) is 1. The molecule has 4 nitrogen and oxygen atoms in total. The second kappa shape index (κ2) is 11.4. The molecule has 4 aliphatic carbocycles. The molecule has 0 amide bonds. The first-order valence-corrected chi connectivity index (χ1v) is 15.8. The summed E-state index contributed by atoms with van der Waals surface area (Å²) in [6.45, 7) is 12.4. The van der Waals surface area contributed by atoms with Crippen molar-refractivity contribution < 1.29 is 14.3 Å². The molecule has 1 aromatic rings. The van der Waals surface area contributed by atoms with E-state index in [2.05, 4.69) is 45.5 Å². The molecule has 0 radical (unpaired) electrons. The standard InChI is InChI=1S/C35H50N2O2/c1-23(2)10-9-11-24(3)29-16-17-30-28-15-14-26-22-27(18-20-34(26,4)31(28)19-21-35(29,30)5)39-33(38)32(37-36)25-12-7-6-8-13-25/h6-8,12-14,23-24,27-31H,9-11,15-22H2,1-5H3/t24-,27+,28+,29-,30+,31+,34+,35-/m1/s1. The molecule has 3 saturated carbocycles. The Morgan fingerprint density at radius 2 is 1.79 bits per heavy atom. The Bertz CT molecular complexity index is 1120. The third-order valence-electron chi connectivity index (χ3n) is 11.9. The maximum absolute atomic E-state index is 12.9. The number of rotatable bonds is 8. The number of nitrogens with zero attached hydrogens (tertiary/aromatic N) is 2. The molecular formula is C35H50N2O2. The highest BCUT2D eigenvalue weighted by molar-refractivity contribution is 6.40. The minimum atomic E-state index is -0.528. The second-order valence-corrected chi connectivity index (χ2v) is 14.4. The molecule has 0 heterocycles. The first kappa shape index (κ1) is 28.3. The van der Waals surface area contributed by atoms with Crippen LogP contribution in [0.15, 0.2) is 42.0 Å². The summed E-state index contributed by atoms with van der Waals surface area (Å²) >= 11 is 0. The van der Waals surface area contributed by atoms with Crippen molar-refractivity contribution in [2.24, 2.45) is 46.3 Å². The highest BCUT2D eigenvalue weighted by Crippen LogP contribution is 2.67. The molecule has 0 bridgehead atoms. The van der Waals surface area contributed by atoms with Crippen LogP contribution in [-0.4, -0.2) is 22.6 Å². The summed E-state index contributed by atoms with van der Waals surface area (Å²) in [6, 6.07) is 9.09. The minimum Gasteiger partial charge on any atom is -0.453 e. The lowest BCUT2D eigenvalue weighted by atomic mass is 9.47. The van der Waals surface area contributed by atoms with Gasteiger partial charge in [0, 0.05) is 6.42 Å². The smallest absolute Gasteiger partial charge is 0.422 e. The molecule has 8 atom stereocenters. The molecule has 0 N–H and O–H groups in total. The van der Waals surface area contributed by atoms with E-state index < -0.39 is 5.97 Å². The molecule has 1 aromatic carbocycles. The van der Waals surface area contributed by atoms with E-state index in [0.717, 1.165) is 54.8 Å². The monoisotopic (exact) mass is 530 g/mol. The third kappa shape index (κ3) is 5.31. The minimum absolute atomic E-state index is 0.0117. The van der Waals surface area contributed by atoms with Gasteiger partial charge >= 0.3 is 11.7 Å². The fourth-order valence-corrected chi connectivity index (χ4v) is 9.77. The van der Waals surface area contributed by atoms with Gasteiger partial charge in [-0.25, -0.2) is 4.79 Å². The summed E-state index contributed by atoms with van der Waals surface area (Å²) in [4.78, 5) is 16.2. The van der Waals surface area contributed by atoms with Crippen LogP contribution < -0.4 is 0 Å². The van der Waals surface area contributed by atoms with Gasteiger partial charge < -0.3 is 10.3 Å². The molecule has 5 rings (SSSR count). The first-order chi connectivity index (χ1) is 18.7. The van der Waals surface area contributed by atoms with Gasteiger partial charge in [-0.1, -0.05) is 83.7 Å². The van der Waals surface area contributed by atoms with E-state index in [9.17, 15) is 10.3 Å². The van der Waals surface area contributed by atoms with Gasteiger partial charge in [0.25, 0.3) is 0 Å². The molecule has 4 aliphatic rings. The Labute approximate surface area is 236 Å². The van der Waals surface area contributed by atoms with Crippen molar-refractivity contribution in [2.75, 3.05) is 0 Å². The Kier molecular flexibility index (Phi) is 8.25. The predicted octanol–water partition coefficient (Wildman–Crippen LogP) is 8.66. The number of allylic oxidation sites excluding steroid dienone is 1. The Balaban J connectivity index is 1.25. The van der Waals surface area contributed by atoms with Gasteiger partial charge in [0.15, 0.2) is 0 Å². The lowest BCUT2D eigenvalue weighted by Gasteiger charge is -2.58. The summed E-state index contributed by atoms with van der Waals surface area (Å²) in [5.74, 6) is 4.42. The molecule has 0 unspecified atom stereocenters. The molecule has 39 heavy (non-hydrogen) atoms. The van der Waals surface area contributed by atoms with E-state index >= 15 is 0 Å². The van der Waals surface area contributed by atoms with Crippen LogP contribution in [0.1, 0.15) is 111 Å². The molecular weight excluding hydrogens is 480 g/mol. The van der Waals surface area contributed by atoms with Crippen molar-refractivity contribution in [1.29, 1.82) is 0 Å². The molecule has 0 spiro atoms. The van der Waals surface area contributed by atoms with Gasteiger partial charge in [0.05, 0.1) is 5.56 Å². The summed E-state index contributed by atoms with van der Waals surface area (Å²) in [5.41, 5.74) is 12.3. The van der Waals surface area contributed by atoms with Crippen molar-refractivity contribution in [2.45, 2.75) is 111 Å². The fraction of sp³-hybridized carbons (Fsp3) is 0.714. The molecule has 0 aromatic heterocycles. The van der Waals surface area contributed by atoms with Gasteiger partial charge in [0.1, 0.15) is 6.10 Å². The van der Waals surface area contributed by atoms with Crippen molar-refractivity contribution in [1.82, 2.24) is 0 Å². The third-order valence-corrected chi connectivity index (χ3v) is 11.9. The van der Waals surface area contributed by atoms with Crippen molar-refractivity contribution in [3.8, 4) is 0 Å². The molecule has 3 fully saturated rings. The fourth-order valence-electron chi connectivity index (χ4n) is 9.77. The zero-order chi connectivity index (χ0) is 27.8. The molecule has 212 valence electrons. The van der Waals surface area contributed by atoms with Crippen LogP contribution in [0.25, 0.3) is 5.53 Å². The Morgan fingerprint density at radius 1 is 1.03 bits per heavy atom. The molecule has 4 heteroatoms. The number of hydrogen-bond acceptors (Lipinski definition) is 2. The lowest BCUT2D eigenvalue weighted by molar-refractivity contribution is -0.147. The summed E-state index contributed by atoms with van der Waals surface area (Å²) in [6.07, 6.45) is 16.1. The topological polar surface area (TPSA) is 62.7 Å². The normalized spacial score (nSPS) is 36.2. The number of fused-ring (bicyclic) bond motifs is 5. The van der Waals surface area contributed by atoms with E-state index in [4.69, 9.17) is 4.74 Å². The average molecular weight is 531 g/mol. The van der Waals surface area contributed by atoms with Gasteiger partial charge in [-0.3, -0.25) is 0 Å². The quantitative estimate of drug-likeness (QED) is 0.111. The van der Waals surface area contributed by atoms with Crippen LogP contribution in [0.3, 0.4) is 0 Å². The van der Waals surface area contributed by atoms with Crippen molar-refractivity contribution in [3.05, 3.63) is 53.1 Å². The zero-order valence-corrected chi connectivity index (χ0v) is 25.0. The Morgan fingerprint density at radius 3 is 2.51 bits per heavy atom. The number of hydrogen-bond donors (Lipinski definition) is 0. The highest BCUT2D eigenvalue weighted by Gasteiger charge is 2.59. The maximum atomic E-state index is 12.9. The Hall–Kier alpha value is -2.19. The largest absolute Gasteiger partial charge is 0.453 e. The van der Waals surface area contributed by atoms with Gasteiger partial charge in [-0.05, 0) is 103 Å². The predicted molar refractivity (Wildman–Crippen MR) is 157 cm³/mol. The van der Waals surface area contributed by atoms with Crippen molar-refractivity contribution >= 4 is 11.7 Å². The highest BCUT2D eigenvalue weighted by atomic mass is 16.5. The van der Waals surface area contributed by atoms with E-state index in [1.165, 1.54) is 56.9 Å². The summed E-state index contributed by atoms with van der Waals surface area (Å²) in [7, 11) is 0. The van der Waals surface area contributed by atoms with Crippen LogP contribution in [0.5, 0.6) is 0 Å². The van der Waals surface area contributed by atoms with E-state index in [0.29, 0.717) is 11.0 Å². The molecule has 0 aliphatic heterocycles. The number of esters is 1. The van der Waals surface area contributed by atoms with Crippen LogP contribution in [0.4, 0.5) is 0 Å². The van der Waals surface area contributed by atoms with Crippen LogP contribution in [0, 0.1) is 46.3 Å². The van der Waals surface area contributed by atoms with Crippen LogP contribution >= 0.6 is 0 Å². The average Bonchev–Trinajstić information content (AvgIpc) is 3.27. The summed E-state index contributed by atoms with van der Waals surface area (Å²) in [5, 5.41) is 0. The van der Waals surface area contributed by atoms with Gasteiger partial charge in [-0.2, -0.15) is 4.79 Å². The lowest BCUT2D eigenvalue weighted by Crippen LogP contribution is -2.51. The van der Waals surface area contributed by atoms with E-state index in [-0.39, 0.29) is 17.2 Å². The van der Waals surface area contributed by atoms with Crippen molar-refractivity contribution in [3.63, 3.8) is 0 Å². The number of carbonyl (C=O) groups excluding carboxylic acids is 1. The maximum Gasteiger partial charge on any atom is 0.422 e. The number of benzene rings is 1. The molecule has 0 saturated heterocycles. The van der Waals surface area contributed by atoms with Gasteiger partial charge in [0.2, 0.25) is 0 Å².